The van der Waals surface area contributed by atoms with Gasteiger partial charge in [0.2, 0.25) is 9.84 Å². The van der Waals surface area contributed by atoms with Gasteiger partial charge in [0.05, 0.1) is 16.9 Å². The Balaban J connectivity index is 0.000000994. The summed E-state index contributed by atoms with van der Waals surface area (Å²) in [7, 11) is -12.6. The van der Waals surface area contributed by atoms with Gasteiger partial charge in [-0.2, -0.15) is 35.5 Å². The van der Waals surface area contributed by atoms with Crippen molar-refractivity contribution in [3.63, 3.8) is 0 Å². The molecule has 0 atom stereocenters. The summed E-state index contributed by atoms with van der Waals surface area (Å²) in [4.78, 5) is -1.98. The van der Waals surface area contributed by atoms with Crippen molar-refractivity contribution >= 4 is 30.1 Å². The standard InChI is InChI=1S/C60H76N2O11S3.2C8H18/c1-11-15-39-61(40-16-12-2)72-75(65,66)57-43-53(35-37-55(57)70-51-31-25-48(26-32-51)59(6,7)46-21-19-45(5)20-22-46)74(63,64)54-36-38-56(58(44-54)76(67,68)73-62(41-17-13-3)42-18-14-4)71-52-33-27-49(28-34-52)60(8,9)47-23-29-50(69-10)30-24-47;2*1-3-5-7-8-6-4-2/h19-38,43-44H,11-18,39-42H2,1-10H3;2*3-8H2,1-2H3. The van der Waals surface area contributed by atoms with Crippen LogP contribution in [0, 0.1) is 6.92 Å². The average Bonchev–Trinajstić information content (AvgIpc) is 0.772. The van der Waals surface area contributed by atoms with Gasteiger partial charge in [0, 0.05) is 37.0 Å². The summed E-state index contributed by atoms with van der Waals surface area (Å²) in [5.74, 6) is 0.979. The van der Waals surface area contributed by atoms with Gasteiger partial charge in [-0.05, 0) is 128 Å². The highest BCUT2D eigenvalue weighted by atomic mass is 32.2. The summed E-state index contributed by atoms with van der Waals surface area (Å²) >= 11 is 0. The monoisotopic (exact) mass is 1320 g/mol. The number of unbranched alkanes of at least 4 members (excludes halogenated alkanes) is 14. The molecule has 0 radical (unpaired) electrons. The molecule has 6 rings (SSSR count). The summed E-state index contributed by atoms with van der Waals surface area (Å²) in [5.41, 5.74) is 4.46. The van der Waals surface area contributed by atoms with Crippen molar-refractivity contribution in [1.29, 1.82) is 0 Å². The van der Waals surface area contributed by atoms with Crippen LogP contribution in [-0.4, -0.2) is 68.7 Å². The highest BCUT2D eigenvalue weighted by Gasteiger charge is 2.33. The number of nitrogens with zero attached hydrogens (tertiary/aromatic N) is 2. The minimum atomic E-state index is -4.76. The first-order valence-corrected chi connectivity index (χ1v) is 38.4. The van der Waals surface area contributed by atoms with Crippen LogP contribution in [0.4, 0.5) is 0 Å². The molecule has 6 aromatic rings. The van der Waals surface area contributed by atoms with E-state index in [-0.39, 0.29) is 22.7 Å². The molecule has 6 aromatic carbocycles. The number of hydrogen-bond acceptors (Lipinski definition) is 13. The van der Waals surface area contributed by atoms with Gasteiger partial charge in [-0.3, -0.25) is 0 Å². The van der Waals surface area contributed by atoms with Gasteiger partial charge in [-0.25, -0.2) is 8.42 Å². The van der Waals surface area contributed by atoms with Crippen molar-refractivity contribution in [2.24, 2.45) is 0 Å². The van der Waals surface area contributed by atoms with E-state index in [4.69, 9.17) is 22.8 Å². The van der Waals surface area contributed by atoms with Gasteiger partial charge in [0.1, 0.15) is 38.5 Å². The average molecular weight is 1330 g/mol. The number of sulfone groups is 1. The number of ether oxygens (including phenoxy) is 3. The van der Waals surface area contributed by atoms with Gasteiger partial charge in [0.25, 0.3) is 0 Å². The number of benzene rings is 6. The zero-order valence-electron chi connectivity index (χ0n) is 58.3. The van der Waals surface area contributed by atoms with Crippen molar-refractivity contribution in [2.45, 2.75) is 249 Å². The molecular weight excluding hydrogens is 1210 g/mol. The second-order valence-corrected chi connectivity index (χ2v) is 29.9. The molecule has 0 heterocycles. The van der Waals surface area contributed by atoms with Crippen LogP contribution in [0.5, 0.6) is 28.7 Å². The normalized spacial score (nSPS) is 12.1. The minimum Gasteiger partial charge on any atom is -0.497 e. The molecule has 0 aliphatic heterocycles. The number of aryl methyl sites for hydroxylation is 1. The fourth-order valence-corrected chi connectivity index (χ4v) is 14.0. The lowest BCUT2D eigenvalue weighted by Crippen LogP contribution is -2.30. The van der Waals surface area contributed by atoms with Crippen LogP contribution in [-0.2, 0) is 49.5 Å². The first-order valence-electron chi connectivity index (χ1n) is 34.1. The molecule has 0 amide bonds. The molecule has 92 heavy (non-hydrogen) atoms. The Morgan fingerprint density at radius 1 is 0.348 bits per heavy atom. The minimum absolute atomic E-state index is 0.173. The Bertz CT molecular complexity index is 3370. The van der Waals surface area contributed by atoms with E-state index < -0.39 is 55.1 Å². The lowest BCUT2D eigenvalue weighted by atomic mass is 9.78. The van der Waals surface area contributed by atoms with Crippen LogP contribution in [0.15, 0.2) is 153 Å². The fourth-order valence-electron chi connectivity index (χ4n) is 10.2. The lowest BCUT2D eigenvalue weighted by Gasteiger charge is -2.26. The van der Waals surface area contributed by atoms with Crippen LogP contribution in [0.25, 0.3) is 0 Å². The maximum atomic E-state index is 14.9. The van der Waals surface area contributed by atoms with E-state index in [0.717, 1.165) is 71.4 Å². The zero-order valence-corrected chi connectivity index (χ0v) is 60.7. The van der Waals surface area contributed by atoms with E-state index >= 15 is 0 Å². The van der Waals surface area contributed by atoms with E-state index in [1.807, 2.05) is 83.1 Å². The molecule has 0 fully saturated rings. The quantitative estimate of drug-likeness (QED) is 0.0266. The molecule has 0 saturated carbocycles. The zero-order chi connectivity index (χ0) is 67.8. The first kappa shape index (κ1) is 78.9. The molecule has 13 nitrogen and oxygen atoms in total. The molecule has 0 aromatic heterocycles. The van der Waals surface area contributed by atoms with Gasteiger partial charge >= 0.3 is 20.2 Å². The molecule has 0 aliphatic rings. The van der Waals surface area contributed by atoms with Gasteiger partial charge in [0.15, 0.2) is 0 Å². The van der Waals surface area contributed by atoms with E-state index in [9.17, 15) is 25.3 Å². The van der Waals surface area contributed by atoms with Crippen molar-refractivity contribution in [2.75, 3.05) is 33.3 Å². The lowest BCUT2D eigenvalue weighted by molar-refractivity contribution is -0.0535. The smallest absolute Gasteiger partial charge is 0.316 e. The molecule has 0 saturated heterocycles. The molecule has 0 N–H and O–H groups in total. The van der Waals surface area contributed by atoms with E-state index in [0.29, 0.717) is 57.6 Å². The third-order valence-electron chi connectivity index (χ3n) is 16.5. The van der Waals surface area contributed by atoms with Crippen molar-refractivity contribution < 1.29 is 48.0 Å². The summed E-state index contributed by atoms with van der Waals surface area (Å²) in [6.07, 6.45) is 22.7. The second kappa shape index (κ2) is 40.0. The number of hydrogen-bond donors (Lipinski definition) is 0. The van der Waals surface area contributed by atoms with Crippen LogP contribution < -0.4 is 14.2 Å². The highest BCUT2D eigenvalue weighted by Crippen LogP contribution is 2.40. The number of hydroxylamine groups is 4. The summed E-state index contributed by atoms with van der Waals surface area (Å²) in [6.45, 7) is 28.7. The maximum absolute atomic E-state index is 14.9. The first-order chi connectivity index (χ1) is 43.9. The Morgan fingerprint density at radius 2 is 0.620 bits per heavy atom. The van der Waals surface area contributed by atoms with Gasteiger partial charge in [-0.15, -0.1) is 0 Å². The molecule has 0 unspecified atom stereocenters. The number of rotatable bonds is 39. The Kier molecular flexibility index (Phi) is 34.2. The van der Waals surface area contributed by atoms with Crippen LogP contribution in [0.1, 0.15) is 239 Å². The molecule has 0 spiro atoms. The van der Waals surface area contributed by atoms with Gasteiger partial charge in [-0.1, -0.05) is 252 Å². The predicted molar refractivity (Wildman–Crippen MR) is 377 cm³/mol. The van der Waals surface area contributed by atoms with Crippen LogP contribution in [0.2, 0.25) is 0 Å². The predicted octanol–water partition coefficient (Wildman–Crippen LogP) is 20.9. The van der Waals surface area contributed by atoms with Gasteiger partial charge < -0.3 is 14.2 Å². The van der Waals surface area contributed by atoms with E-state index in [2.05, 4.69) is 79.7 Å². The van der Waals surface area contributed by atoms with Crippen LogP contribution >= 0.6 is 0 Å². The van der Waals surface area contributed by atoms with E-state index in [1.165, 1.54) is 111 Å². The second-order valence-electron chi connectivity index (χ2n) is 25.0. The number of methoxy groups -OCH3 is 1. The Labute approximate surface area is 557 Å². The summed E-state index contributed by atoms with van der Waals surface area (Å²) < 4.78 is 117. The van der Waals surface area contributed by atoms with Crippen molar-refractivity contribution in [3.05, 3.63) is 161 Å². The third-order valence-corrected chi connectivity index (χ3v) is 20.8. The SMILES string of the molecule is CCCCCCCC.CCCCCCCC.CCCCN(CCCC)OS(=O)(=O)c1cc(S(=O)(=O)c2ccc(Oc3ccc(C(C)(C)c4ccc(OC)cc4)cc3)c(S(=O)(=O)ON(CCCC)CCCC)c2)ccc1Oc1ccc(C(C)(C)c2ccc(C)cc2)cc1. The third kappa shape index (κ3) is 24.6. The molecule has 0 bridgehead atoms. The Morgan fingerprint density at radius 3 is 0.891 bits per heavy atom. The summed E-state index contributed by atoms with van der Waals surface area (Å²) in [6, 6.07) is 37.6. The fraction of sp³-hybridized carbons (Fsp3) is 0.526. The largest absolute Gasteiger partial charge is 0.497 e. The topological polar surface area (TPSA) is 155 Å². The van der Waals surface area contributed by atoms with E-state index in [1.54, 1.807) is 31.4 Å². The highest BCUT2D eigenvalue weighted by molar-refractivity contribution is 7.91. The van der Waals surface area contributed by atoms with Crippen molar-refractivity contribution in [1.82, 2.24) is 10.1 Å². The van der Waals surface area contributed by atoms with Crippen LogP contribution in [0.3, 0.4) is 0 Å². The maximum Gasteiger partial charge on any atom is 0.316 e. The molecule has 0 aliphatic carbocycles. The summed E-state index contributed by atoms with van der Waals surface area (Å²) in [5, 5.41) is 2.76. The molecule has 510 valence electrons. The molecule has 16 heteroatoms. The molecular formula is C76H112N2O11S3. The Hall–Kier alpha value is -5.59. The van der Waals surface area contributed by atoms with Crippen molar-refractivity contribution in [3.8, 4) is 28.7 Å².